The van der Waals surface area contributed by atoms with E-state index in [1.165, 1.54) is 0 Å². The van der Waals surface area contributed by atoms with Crippen LogP contribution in [-0.2, 0) is 9.09 Å². The SMILES string of the molecule is C=CCCCCOP=O. The molecule has 3 heteroatoms. The maximum Gasteiger partial charge on any atom is 0.327 e. The van der Waals surface area contributed by atoms with Gasteiger partial charge < -0.3 is 0 Å². The Morgan fingerprint density at radius 2 is 2.33 bits per heavy atom. The van der Waals surface area contributed by atoms with Crippen LogP contribution in [0, 0.1) is 0 Å². The van der Waals surface area contributed by atoms with Crippen LogP contribution >= 0.6 is 8.69 Å². The van der Waals surface area contributed by atoms with Gasteiger partial charge >= 0.3 is 8.69 Å². The smallest absolute Gasteiger partial charge is 0.294 e. The Balaban J connectivity index is 2.74. The lowest BCUT2D eigenvalue weighted by atomic mass is 10.2. The van der Waals surface area contributed by atoms with Crippen molar-refractivity contribution in [1.29, 1.82) is 0 Å². The molecule has 0 bridgehead atoms. The molecule has 0 aromatic heterocycles. The van der Waals surface area contributed by atoms with Gasteiger partial charge in [-0.15, -0.1) is 6.58 Å². The molecule has 0 aliphatic rings. The van der Waals surface area contributed by atoms with Crippen molar-refractivity contribution in [2.45, 2.75) is 19.3 Å². The average Bonchev–Trinajstić information content (AvgIpc) is 1.89. The zero-order chi connectivity index (χ0) is 6.95. The second kappa shape index (κ2) is 7.80. The third-order valence-corrected chi connectivity index (χ3v) is 1.23. The highest BCUT2D eigenvalue weighted by atomic mass is 31.1. The summed E-state index contributed by atoms with van der Waals surface area (Å²) in [7, 11) is -0.211. The second-order valence-electron chi connectivity index (χ2n) is 1.69. The average molecular weight is 146 g/mol. The third kappa shape index (κ3) is 7.80. The topological polar surface area (TPSA) is 26.3 Å². The molecule has 0 amide bonds. The summed E-state index contributed by atoms with van der Waals surface area (Å²) in [5, 5.41) is 0. The molecule has 0 saturated heterocycles. The Labute approximate surface area is 57.2 Å². The molecular formula is C6H11O2P. The van der Waals surface area contributed by atoms with Gasteiger partial charge in [-0.1, -0.05) is 6.08 Å². The zero-order valence-electron chi connectivity index (χ0n) is 5.38. The summed E-state index contributed by atoms with van der Waals surface area (Å²) in [5.74, 6) is 0. The fourth-order valence-electron chi connectivity index (χ4n) is 0.493. The van der Waals surface area contributed by atoms with Crippen LogP contribution in [0.15, 0.2) is 12.7 Å². The predicted octanol–water partition coefficient (Wildman–Crippen LogP) is 2.57. The fourth-order valence-corrected chi connectivity index (χ4v) is 0.696. The maximum atomic E-state index is 9.69. The normalized spacial score (nSPS) is 9.78. The maximum absolute atomic E-state index is 9.69. The monoisotopic (exact) mass is 146 g/mol. The van der Waals surface area contributed by atoms with Gasteiger partial charge in [0, 0.05) is 0 Å². The molecule has 0 spiro atoms. The van der Waals surface area contributed by atoms with Crippen molar-refractivity contribution in [1.82, 2.24) is 0 Å². The van der Waals surface area contributed by atoms with E-state index in [-0.39, 0.29) is 8.69 Å². The molecule has 0 atom stereocenters. The van der Waals surface area contributed by atoms with Crippen molar-refractivity contribution in [3.05, 3.63) is 12.7 Å². The van der Waals surface area contributed by atoms with Gasteiger partial charge in [-0.05, 0) is 19.3 Å². The Morgan fingerprint density at radius 3 is 2.89 bits per heavy atom. The molecule has 0 unspecified atom stereocenters. The first-order chi connectivity index (χ1) is 4.41. The van der Waals surface area contributed by atoms with Gasteiger partial charge in [0.1, 0.15) is 0 Å². The number of allylic oxidation sites excluding steroid dienone is 1. The van der Waals surface area contributed by atoms with E-state index in [2.05, 4.69) is 11.1 Å². The van der Waals surface area contributed by atoms with Gasteiger partial charge in [-0.3, -0.25) is 4.52 Å². The summed E-state index contributed by atoms with van der Waals surface area (Å²) >= 11 is 0. The molecule has 0 aromatic carbocycles. The molecule has 0 aliphatic carbocycles. The standard InChI is InChI=1S/C6H11O2P/c1-2-3-4-5-6-8-9-7/h2H,1,3-6H2. The van der Waals surface area contributed by atoms with E-state index in [0.29, 0.717) is 6.61 Å². The number of hydrogen-bond donors (Lipinski definition) is 0. The highest BCUT2D eigenvalue weighted by Gasteiger charge is 1.84. The van der Waals surface area contributed by atoms with Crippen molar-refractivity contribution in [2.75, 3.05) is 6.61 Å². The lowest BCUT2D eigenvalue weighted by molar-refractivity contribution is 0.331. The number of unbranched alkanes of at least 4 members (excludes halogenated alkanes) is 2. The van der Waals surface area contributed by atoms with Crippen LogP contribution in [0.5, 0.6) is 0 Å². The van der Waals surface area contributed by atoms with Crippen molar-refractivity contribution >= 4 is 8.69 Å². The van der Waals surface area contributed by atoms with Crippen LogP contribution in [0.25, 0.3) is 0 Å². The van der Waals surface area contributed by atoms with Gasteiger partial charge in [0.15, 0.2) is 0 Å². The van der Waals surface area contributed by atoms with Gasteiger partial charge in [-0.2, -0.15) is 0 Å². The summed E-state index contributed by atoms with van der Waals surface area (Å²) in [6, 6.07) is 0. The summed E-state index contributed by atoms with van der Waals surface area (Å²) in [6.45, 7) is 4.16. The van der Waals surface area contributed by atoms with Crippen LogP contribution in [0.2, 0.25) is 0 Å². The predicted molar refractivity (Wildman–Crippen MR) is 37.6 cm³/mol. The van der Waals surface area contributed by atoms with Crippen LogP contribution in [0.3, 0.4) is 0 Å². The van der Waals surface area contributed by atoms with Crippen molar-refractivity contribution < 1.29 is 9.09 Å². The van der Waals surface area contributed by atoms with E-state index >= 15 is 0 Å². The van der Waals surface area contributed by atoms with E-state index in [1.807, 2.05) is 6.08 Å². The second-order valence-corrected chi connectivity index (χ2v) is 2.10. The molecule has 0 saturated carbocycles. The third-order valence-electron chi connectivity index (χ3n) is 0.947. The molecule has 0 rings (SSSR count). The molecule has 0 aromatic rings. The summed E-state index contributed by atoms with van der Waals surface area (Å²) in [6.07, 6.45) is 4.91. The summed E-state index contributed by atoms with van der Waals surface area (Å²) in [4.78, 5) is 0. The number of hydrogen-bond acceptors (Lipinski definition) is 2. The van der Waals surface area contributed by atoms with Gasteiger partial charge in [0.25, 0.3) is 0 Å². The minimum atomic E-state index is -0.211. The minimum absolute atomic E-state index is 0.211. The number of rotatable bonds is 6. The van der Waals surface area contributed by atoms with E-state index in [9.17, 15) is 4.57 Å². The Hall–Kier alpha value is -0.200. The van der Waals surface area contributed by atoms with Gasteiger partial charge in [0.05, 0.1) is 6.61 Å². The molecule has 0 fully saturated rings. The van der Waals surface area contributed by atoms with Gasteiger partial charge in [0.2, 0.25) is 0 Å². The summed E-state index contributed by atoms with van der Waals surface area (Å²) < 4.78 is 14.3. The van der Waals surface area contributed by atoms with E-state index in [1.54, 1.807) is 0 Å². The first kappa shape index (κ1) is 8.80. The van der Waals surface area contributed by atoms with Crippen molar-refractivity contribution in [3.63, 3.8) is 0 Å². The van der Waals surface area contributed by atoms with Crippen molar-refractivity contribution in [2.24, 2.45) is 0 Å². The minimum Gasteiger partial charge on any atom is -0.294 e. The first-order valence-corrected chi connectivity index (χ1v) is 3.70. The Kier molecular flexibility index (Phi) is 7.63. The Morgan fingerprint density at radius 1 is 1.56 bits per heavy atom. The molecule has 2 nitrogen and oxygen atoms in total. The zero-order valence-corrected chi connectivity index (χ0v) is 6.27. The molecule has 0 heterocycles. The highest BCUT2D eigenvalue weighted by molar-refractivity contribution is 7.17. The summed E-state index contributed by atoms with van der Waals surface area (Å²) in [5.41, 5.74) is 0. The molecule has 0 N–H and O–H groups in total. The lowest BCUT2D eigenvalue weighted by Gasteiger charge is -1.91. The van der Waals surface area contributed by atoms with Crippen LogP contribution in [0.1, 0.15) is 19.3 Å². The fraction of sp³-hybridized carbons (Fsp3) is 0.667. The van der Waals surface area contributed by atoms with Crippen LogP contribution in [-0.4, -0.2) is 6.61 Å². The first-order valence-electron chi connectivity index (χ1n) is 2.97. The van der Waals surface area contributed by atoms with Crippen molar-refractivity contribution in [3.8, 4) is 0 Å². The lowest BCUT2D eigenvalue weighted by Crippen LogP contribution is -1.82. The molecule has 0 aliphatic heterocycles. The Bertz CT molecular complexity index is 73.1. The van der Waals surface area contributed by atoms with E-state index in [4.69, 9.17) is 0 Å². The molecule has 0 radical (unpaired) electrons. The van der Waals surface area contributed by atoms with E-state index < -0.39 is 0 Å². The largest absolute Gasteiger partial charge is 0.327 e. The highest BCUT2D eigenvalue weighted by Crippen LogP contribution is 2.00. The quantitative estimate of drug-likeness (QED) is 0.327. The molecule has 52 valence electrons. The molecular weight excluding hydrogens is 135 g/mol. The van der Waals surface area contributed by atoms with Gasteiger partial charge in [-0.25, -0.2) is 4.57 Å². The molecule has 9 heavy (non-hydrogen) atoms. The van der Waals surface area contributed by atoms with E-state index in [0.717, 1.165) is 19.3 Å². The van der Waals surface area contributed by atoms with Crippen LogP contribution in [0.4, 0.5) is 0 Å². The van der Waals surface area contributed by atoms with Crippen LogP contribution < -0.4 is 0 Å².